The first-order valence-corrected chi connectivity index (χ1v) is 6.53. The molecule has 1 heterocycles. The van der Waals surface area contributed by atoms with Crippen LogP contribution < -0.4 is 5.73 Å². The highest BCUT2D eigenvalue weighted by atomic mass is 35.5. The van der Waals surface area contributed by atoms with Crippen LogP contribution in [0.5, 0.6) is 0 Å². The zero-order valence-corrected chi connectivity index (χ0v) is 12.3. The van der Waals surface area contributed by atoms with Gasteiger partial charge in [0.2, 0.25) is 0 Å². The molecule has 0 radical (unpaired) electrons. The summed E-state index contributed by atoms with van der Waals surface area (Å²) in [5.74, 6) is 0.716. The van der Waals surface area contributed by atoms with Crippen molar-refractivity contribution in [1.82, 2.24) is 4.57 Å². The summed E-state index contributed by atoms with van der Waals surface area (Å²) in [6.07, 6.45) is 2.29. The molecule has 18 heavy (non-hydrogen) atoms. The Hall–Kier alpha value is -1.15. The molecule has 0 bridgehead atoms. The Bertz CT molecular complexity index is 516. The van der Waals surface area contributed by atoms with Gasteiger partial charge in [0.1, 0.15) is 0 Å². The van der Waals surface area contributed by atoms with Gasteiger partial charge in [0.25, 0.3) is 0 Å². The molecule has 0 amide bonds. The highest BCUT2D eigenvalue weighted by Crippen LogP contribution is 2.24. The van der Waals surface area contributed by atoms with Crippen molar-refractivity contribution in [3.8, 4) is 0 Å². The van der Waals surface area contributed by atoms with Gasteiger partial charge in [-0.3, -0.25) is 0 Å². The Labute approximate surface area is 116 Å². The van der Waals surface area contributed by atoms with E-state index in [0.29, 0.717) is 5.92 Å². The summed E-state index contributed by atoms with van der Waals surface area (Å²) in [4.78, 5) is 0. The maximum absolute atomic E-state index is 5.84. The fourth-order valence-corrected chi connectivity index (χ4v) is 2.30. The first-order valence-electron chi connectivity index (χ1n) is 6.53. The minimum atomic E-state index is 0. The van der Waals surface area contributed by atoms with Gasteiger partial charge in [0.15, 0.2) is 0 Å². The Morgan fingerprint density at radius 3 is 2.56 bits per heavy atom. The first kappa shape index (κ1) is 14.9. The quantitative estimate of drug-likeness (QED) is 0.824. The van der Waals surface area contributed by atoms with Crippen LogP contribution in [0.1, 0.15) is 32.9 Å². The van der Waals surface area contributed by atoms with Gasteiger partial charge < -0.3 is 10.3 Å². The minimum Gasteiger partial charge on any atom is -0.399 e. The summed E-state index contributed by atoms with van der Waals surface area (Å²) in [6.45, 7) is 7.88. The number of aromatic nitrogens is 1. The van der Waals surface area contributed by atoms with E-state index in [1.54, 1.807) is 0 Å². The van der Waals surface area contributed by atoms with Crippen molar-refractivity contribution < 1.29 is 0 Å². The Balaban J connectivity index is 0.00000162. The number of halogens is 1. The van der Waals surface area contributed by atoms with Crippen molar-refractivity contribution in [2.45, 2.75) is 40.2 Å². The van der Waals surface area contributed by atoms with Crippen LogP contribution >= 0.6 is 12.4 Å². The van der Waals surface area contributed by atoms with Crippen molar-refractivity contribution in [2.24, 2.45) is 5.92 Å². The number of fused-ring (bicyclic) bond motifs is 1. The van der Waals surface area contributed by atoms with Gasteiger partial charge in [0, 0.05) is 28.8 Å². The molecule has 2 rings (SSSR count). The van der Waals surface area contributed by atoms with Crippen molar-refractivity contribution >= 4 is 29.0 Å². The Kier molecular flexibility index (Phi) is 5.09. The van der Waals surface area contributed by atoms with Crippen molar-refractivity contribution in [2.75, 3.05) is 5.73 Å². The highest BCUT2D eigenvalue weighted by Gasteiger charge is 2.09. The molecular formula is C15H23ClN2. The van der Waals surface area contributed by atoms with E-state index in [0.717, 1.165) is 18.7 Å². The lowest BCUT2D eigenvalue weighted by Gasteiger charge is -2.14. The largest absolute Gasteiger partial charge is 0.399 e. The van der Waals surface area contributed by atoms with Gasteiger partial charge in [-0.2, -0.15) is 0 Å². The molecule has 1 aromatic heterocycles. The molecule has 2 nitrogen and oxygen atoms in total. The molecule has 1 atom stereocenters. The van der Waals surface area contributed by atoms with Crippen molar-refractivity contribution in [3.63, 3.8) is 0 Å². The number of nitrogen functional groups attached to an aromatic ring is 1. The summed E-state index contributed by atoms with van der Waals surface area (Å²) in [7, 11) is 0. The Morgan fingerprint density at radius 1 is 1.22 bits per heavy atom. The molecule has 0 saturated carbocycles. The standard InChI is InChI=1S/C15H22N2.ClH/c1-4-11(3)10-17-14(5-2)9-12-8-13(16)6-7-15(12)17;/h6-9,11H,4-5,10,16H2,1-3H3;1H. The van der Waals surface area contributed by atoms with E-state index in [1.807, 2.05) is 6.07 Å². The minimum absolute atomic E-state index is 0. The number of hydrogen-bond donors (Lipinski definition) is 1. The monoisotopic (exact) mass is 266 g/mol. The summed E-state index contributed by atoms with van der Waals surface area (Å²) < 4.78 is 2.45. The molecular weight excluding hydrogens is 244 g/mol. The van der Waals surface area contributed by atoms with Crippen LogP contribution in [0.4, 0.5) is 5.69 Å². The SMILES string of the molecule is CCc1cc2cc(N)ccc2n1CC(C)CC.Cl. The van der Waals surface area contributed by atoms with E-state index >= 15 is 0 Å². The molecule has 0 aliphatic heterocycles. The van der Waals surface area contributed by atoms with E-state index in [2.05, 4.69) is 43.5 Å². The predicted molar refractivity (Wildman–Crippen MR) is 82.4 cm³/mol. The molecule has 3 heteroatoms. The van der Waals surface area contributed by atoms with E-state index in [-0.39, 0.29) is 12.4 Å². The van der Waals surface area contributed by atoms with Crippen LogP contribution in [0.15, 0.2) is 24.3 Å². The summed E-state index contributed by atoms with van der Waals surface area (Å²) >= 11 is 0. The molecule has 0 aliphatic rings. The average molecular weight is 267 g/mol. The molecule has 0 spiro atoms. The first-order chi connectivity index (χ1) is 8.15. The summed E-state index contributed by atoms with van der Waals surface area (Å²) in [6, 6.07) is 8.48. The molecule has 1 aromatic carbocycles. The fourth-order valence-electron chi connectivity index (χ4n) is 2.30. The van der Waals surface area contributed by atoms with Crippen LogP contribution in [0.2, 0.25) is 0 Å². The molecule has 0 saturated heterocycles. The van der Waals surface area contributed by atoms with Crippen LogP contribution in [0, 0.1) is 5.92 Å². The van der Waals surface area contributed by atoms with Gasteiger partial charge in [-0.05, 0) is 36.6 Å². The van der Waals surface area contributed by atoms with Gasteiger partial charge in [-0.15, -0.1) is 12.4 Å². The second-order valence-electron chi connectivity index (χ2n) is 4.93. The van der Waals surface area contributed by atoms with E-state index in [4.69, 9.17) is 5.73 Å². The van der Waals surface area contributed by atoms with Gasteiger partial charge >= 0.3 is 0 Å². The maximum atomic E-state index is 5.84. The lowest BCUT2D eigenvalue weighted by atomic mass is 10.1. The van der Waals surface area contributed by atoms with E-state index in [9.17, 15) is 0 Å². The van der Waals surface area contributed by atoms with Gasteiger partial charge in [0.05, 0.1) is 0 Å². The second kappa shape index (κ2) is 6.14. The van der Waals surface area contributed by atoms with Crippen LogP contribution in [-0.2, 0) is 13.0 Å². The third-order valence-electron chi connectivity index (χ3n) is 3.56. The molecule has 2 aromatic rings. The number of aryl methyl sites for hydroxylation is 1. The summed E-state index contributed by atoms with van der Waals surface area (Å²) in [5.41, 5.74) is 9.42. The molecule has 0 fully saturated rings. The van der Waals surface area contributed by atoms with Crippen LogP contribution in [-0.4, -0.2) is 4.57 Å². The van der Waals surface area contributed by atoms with Crippen molar-refractivity contribution in [3.05, 3.63) is 30.0 Å². The molecule has 1 unspecified atom stereocenters. The zero-order chi connectivity index (χ0) is 12.4. The smallest absolute Gasteiger partial charge is 0.0484 e. The number of nitrogens with zero attached hydrogens (tertiary/aromatic N) is 1. The highest BCUT2D eigenvalue weighted by molar-refractivity contribution is 5.85. The fraction of sp³-hybridized carbons (Fsp3) is 0.467. The lowest BCUT2D eigenvalue weighted by Crippen LogP contribution is -2.09. The van der Waals surface area contributed by atoms with Crippen LogP contribution in [0.3, 0.4) is 0 Å². The lowest BCUT2D eigenvalue weighted by molar-refractivity contribution is 0.469. The molecule has 100 valence electrons. The molecule has 2 N–H and O–H groups in total. The average Bonchev–Trinajstić information content (AvgIpc) is 2.66. The molecule has 0 aliphatic carbocycles. The second-order valence-corrected chi connectivity index (χ2v) is 4.93. The number of hydrogen-bond acceptors (Lipinski definition) is 1. The van der Waals surface area contributed by atoms with Gasteiger partial charge in [-0.1, -0.05) is 27.2 Å². The topological polar surface area (TPSA) is 30.9 Å². The normalized spacial score (nSPS) is 12.4. The number of anilines is 1. The van der Waals surface area contributed by atoms with E-state index in [1.165, 1.54) is 23.0 Å². The third kappa shape index (κ3) is 2.81. The summed E-state index contributed by atoms with van der Waals surface area (Å²) in [5, 5.41) is 1.27. The number of benzene rings is 1. The number of nitrogens with two attached hydrogens (primary N) is 1. The third-order valence-corrected chi connectivity index (χ3v) is 3.56. The van der Waals surface area contributed by atoms with E-state index < -0.39 is 0 Å². The Morgan fingerprint density at radius 2 is 1.94 bits per heavy atom. The number of rotatable bonds is 4. The van der Waals surface area contributed by atoms with Gasteiger partial charge in [-0.25, -0.2) is 0 Å². The van der Waals surface area contributed by atoms with Crippen LogP contribution in [0.25, 0.3) is 10.9 Å². The van der Waals surface area contributed by atoms with Crippen molar-refractivity contribution in [1.29, 1.82) is 0 Å². The maximum Gasteiger partial charge on any atom is 0.0484 e. The zero-order valence-electron chi connectivity index (χ0n) is 11.4. The predicted octanol–water partition coefficient (Wildman–Crippen LogP) is 4.25.